The Bertz CT molecular complexity index is 747. The molecule has 0 fully saturated rings. The van der Waals surface area contributed by atoms with E-state index in [-0.39, 0.29) is 6.02 Å². The topological polar surface area (TPSA) is 93.6 Å². The molecule has 1 unspecified atom stereocenters. The summed E-state index contributed by atoms with van der Waals surface area (Å²) in [6.07, 6.45) is 5.87. The van der Waals surface area contributed by atoms with E-state index in [4.69, 9.17) is 10.5 Å². The Morgan fingerprint density at radius 2 is 2.09 bits per heavy atom. The van der Waals surface area contributed by atoms with Gasteiger partial charge in [-0.2, -0.15) is 0 Å². The van der Waals surface area contributed by atoms with Gasteiger partial charge >= 0.3 is 0 Å². The average molecular weight is 296 g/mol. The van der Waals surface area contributed by atoms with Gasteiger partial charge < -0.3 is 15.6 Å². The van der Waals surface area contributed by atoms with Gasteiger partial charge in [0.25, 0.3) is 6.02 Å². The fraction of sp³-hybridized carbons (Fsp3) is 0.312. The lowest BCUT2D eigenvalue weighted by atomic mass is 9.74. The van der Waals surface area contributed by atoms with Crippen molar-refractivity contribution in [2.75, 3.05) is 6.61 Å². The number of amidine groups is 1. The summed E-state index contributed by atoms with van der Waals surface area (Å²) in [4.78, 5) is 12.5. The monoisotopic (exact) mass is 296 g/mol. The van der Waals surface area contributed by atoms with Crippen LogP contribution in [0.3, 0.4) is 0 Å². The van der Waals surface area contributed by atoms with Crippen molar-refractivity contribution in [2.45, 2.75) is 24.5 Å². The first-order valence-corrected chi connectivity index (χ1v) is 7.23. The van der Waals surface area contributed by atoms with Crippen LogP contribution < -0.4 is 5.73 Å². The van der Waals surface area contributed by atoms with E-state index in [1.807, 2.05) is 18.2 Å². The number of fused-ring (bicyclic) bond motifs is 1. The van der Waals surface area contributed by atoms with Crippen molar-refractivity contribution in [3.8, 4) is 11.1 Å². The fourth-order valence-electron chi connectivity index (χ4n) is 3.37. The Balaban J connectivity index is 1.81. The van der Waals surface area contributed by atoms with Crippen molar-refractivity contribution in [1.29, 1.82) is 0 Å². The quantitative estimate of drug-likeness (QED) is 0.825. The van der Waals surface area contributed by atoms with Gasteiger partial charge in [-0.25, -0.2) is 15.0 Å². The summed E-state index contributed by atoms with van der Waals surface area (Å²) in [7, 11) is 0. The number of aliphatic hydroxyl groups is 1. The third-order valence-electron chi connectivity index (χ3n) is 4.50. The van der Waals surface area contributed by atoms with Crippen molar-refractivity contribution in [3.63, 3.8) is 0 Å². The number of hydrogen-bond acceptors (Lipinski definition) is 6. The molecule has 2 atom stereocenters. The van der Waals surface area contributed by atoms with Crippen molar-refractivity contribution in [2.24, 2.45) is 10.7 Å². The molecule has 1 aromatic carbocycles. The molecule has 6 heteroatoms. The van der Waals surface area contributed by atoms with Crippen LogP contribution in [0.25, 0.3) is 11.1 Å². The minimum atomic E-state index is -0.720. The van der Waals surface area contributed by atoms with E-state index < -0.39 is 11.6 Å². The Labute approximate surface area is 127 Å². The van der Waals surface area contributed by atoms with E-state index in [1.165, 1.54) is 6.33 Å². The van der Waals surface area contributed by atoms with Crippen molar-refractivity contribution in [3.05, 3.63) is 48.0 Å². The third kappa shape index (κ3) is 1.88. The zero-order valence-corrected chi connectivity index (χ0v) is 11.9. The molecule has 0 radical (unpaired) electrons. The fourth-order valence-corrected chi connectivity index (χ4v) is 3.37. The van der Waals surface area contributed by atoms with Gasteiger partial charge in [0.05, 0.1) is 0 Å². The van der Waals surface area contributed by atoms with Gasteiger partial charge in [-0.1, -0.05) is 18.2 Å². The van der Waals surface area contributed by atoms with Gasteiger partial charge in [0, 0.05) is 18.0 Å². The first kappa shape index (κ1) is 13.2. The molecule has 0 amide bonds. The molecule has 2 aliphatic rings. The van der Waals surface area contributed by atoms with Crippen LogP contribution in [0.2, 0.25) is 0 Å². The molecule has 4 rings (SSSR count). The van der Waals surface area contributed by atoms with Gasteiger partial charge in [0.1, 0.15) is 24.6 Å². The van der Waals surface area contributed by atoms with Gasteiger partial charge in [-0.05, 0) is 29.5 Å². The van der Waals surface area contributed by atoms with Gasteiger partial charge in [0.15, 0.2) is 0 Å². The predicted octanol–water partition coefficient (Wildman–Crippen LogP) is 1.21. The number of hydrogen-bond donors (Lipinski definition) is 2. The number of ether oxygens (including phenoxy) is 1. The molecule has 1 aromatic heterocycles. The summed E-state index contributed by atoms with van der Waals surface area (Å²) in [5.74, 6) is 0. The van der Waals surface area contributed by atoms with Crippen molar-refractivity contribution < 1.29 is 9.84 Å². The lowest BCUT2D eigenvalue weighted by Gasteiger charge is -2.36. The van der Waals surface area contributed by atoms with Crippen LogP contribution in [-0.2, 0) is 11.2 Å². The summed E-state index contributed by atoms with van der Waals surface area (Å²) in [5, 5.41) is 10.8. The number of aliphatic hydroxyl groups excluding tert-OH is 1. The second kappa shape index (κ2) is 4.78. The molecule has 3 N–H and O–H groups in total. The maximum atomic E-state index is 10.8. The molecule has 1 aliphatic heterocycles. The van der Waals surface area contributed by atoms with Crippen LogP contribution in [0.1, 0.15) is 23.7 Å². The summed E-state index contributed by atoms with van der Waals surface area (Å²) < 4.78 is 5.29. The van der Waals surface area contributed by atoms with Crippen LogP contribution in [0.15, 0.2) is 41.9 Å². The Hall–Kier alpha value is -2.47. The van der Waals surface area contributed by atoms with Crippen LogP contribution >= 0.6 is 0 Å². The van der Waals surface area contributed by atoms with E-state index in [2.05, 4.69) is 15.0 Å². The SMILES string of the molecule is NC1=N[C@]2(CCc3c(-c4cncnc4)cccc3C2O)CO1. The highest BCUT2D eigenvalue weighted by Crippen LogP contribution is 2.44. The normalized spacial score (nSPS) is 26.4. The first-order valence-electron chi connectivity index (χ1n) is 7.23. The van der Waals surface area contributed by atoms with E-state index >= 15 is 0 Å². The minimum Gasteiger partial charge on any atom is -0.463 e. The Kier molecular flexibility index (Phi) is 2.87. The minimum absolute atomic E-state index is 0.162. The van der Waals surface area contributed by atoms with Crippen LogP contribution in [0, 0.1) is 0 Å². The molecule has 22 heavy (non-hydrogen) atoms. The molecule has 1 aliphatic carbocycles. The smallest absolute Gasteiger partial charge is 0.282 e. The van der Waals surface area contributed by atoms with Crippen molar-refractivity contribution >= 4 is 6.02 Å². The van der Waals surface area contributed by atoms with Gasteiger partial charge in [-0.3, -0.25) is 0 Å². The number of aliphatic imine (C=N–C) groups is 1. The van der Waals surface area contributed by atoms with Crippen LogP contribution in [0.4, 0.5) is 0 Å². The number of aromatic nitrogens is 2. The van der Waals surface area contributed by atoms with E-state index in [0.717, 1.165) is 28.7 Å². The second-order valence-electron chi connectivity index (χ2n) is 5.75. The first-order chi connectivity index (χ1) is 10.7. The number of nitrogens with zero attached hydrogens (tertiary/aromatic N) is 3. The molecule has 0 saturated carbocycles. The number of benzene rings is 1. The Morgan fingerprint density at radius 1 is 1.27 bits per heavy atom. The summed E-state index contributed by atoms with van der Waals surface area (Å²) in [6.45, 7) is 0.331. The molecular formula is C16H16N4O2. The third-order valence-corrected chi connectivity index (χ3v) is 4.50. The van der Waals surface area contributed by atoms with Crippen molar-refractivity contribution in [1.82, 2.24) is 9.97 Å². The predicted molar refractivity (Wildman–Crippen MR) is 81.1 cm³/mol. The molecular weight excluding hydrogens is 280 g/mol. The lowest BCUT2D eigenvalue weighted by molar-refractivity contribution is 0.0523. The highest BCUT2D eigenvalue weighted by Gasteiger charge is 2.47. The standard InChI is InChI=1S/C16H16N4O2/c17-15-20-16(8-22-15)5-4-12-11(10-6-18-9-19-7-10)2-1-3-13(12)14(16)21/h1-3,6-7,9,14,21H,4-5,8H2,(H2,17,20)/t14?,16-/m1/s1. The summed E-state index contributed by atoms with van der Waals surface area (Å²) in [5.41, 5.74) is 9.01. The number of nitrogens with two attached hydrogens (primary N) is 1. The average Bonchev–Trinajstić information content (AvgIpc) is 2.94. The number of rotatable bonds is 1. The molecule has 6 nitrogen and oxygen atoms in total. The Morgan fingerprint density at radius 3 is 2.82 bits per heavy atom. The summed E-state index contributed by atoms with van der Waals surface area (Å²) in [6, 6.07) is 6.07. The molecule has 112 valence electrons. The highest BCUT2D eigenvalue weighted by molar-refractivity contribution is 5.74. The zero-order valence-electron chi connectivity index (χ0n) is 11.9. The molecule has 0 saturated heterocycles. The molecule has 2 aromatic rings. The lowest BCUT2D eigenvalue weighted by Crippen LogP contribution is -2.40. The molecule has 0 bridgehead atoms. The summed E-state index contributed by atoms with van der Waals surface area (Å²) >= 11 is 0. The second-order valence-corrected chi connectivity index (χ2v) is 5.75. The van der Waals surface area contributed by atoms with Gasteiger partial charge in [-0.15, -0.1) is 0 Å². The van der Waals surface area contributed by atoms with Crippen LogP contribution in [-0.4, -0.2) is 33.2 Å². The van der Waals surface area contributed by atoms with E-state index in [9.17, 15) is 5.11 Å². The van der Waals surface area contributed by atoms with E-state index in [1.54, 1.807) is 12.4 Å². The van der Waals surface area contributed by atoms with E-state index in [0.29, 0.717) is 13.0 Å². The molecule has 2 heterocycles. The maximum Gasteiger partial charge on any atom is 0.282 e. The zero-order chi connectivity index (χ0) is 15.2. The van der Waals surface area contributed by atoms with Gasteiger partial charge in [0.2, 0.25) is 0 Å². The van der Waals surface area contributed by atoms with Crippen LogP contribution in [0.5, 0.6) is 0 Å². The highest BCUT2D eigenvalue weighted by atomic mass is 16.5. The largest absolute Gasteiger partial charge is 0.463 e. The maximum absolute atomic E-state index is 10.8. The molecule has 1 spiro atoms.